The van der Waals surface area contributed by atoms with Crippen LogP contribution >= 0.6 is 22.9 Å². The summed E-state index contributed by atoms with van der Waals surface area (Å²) in [4.78, 5) is 0.787. The summed E-state index contributed by atoms with van der Waals surface area (Å²) in [6, 6.07) is 0. The highest BCUT2D eigenvalue weighted by atomic mass is 35.5. The number of rotatable bonds is 3. The third kappa shape index (κ3) is 2.00. The van der Waals surface area contributed by atoms with Crippen LogP contribution in [-0.2, 0) is 6.54 Å². The number of aromatic nitrogens is 2. The van der Waals surface area contributed by atoms with E-state index in [4.69, 9.17) is 11.6 Å². The van der Waals surface area contributed by atoms with Gasteiger partial charge in [0.05, 0.1) is 16.1 Å². The molecule has 2 aromatic rings. The fraction of sp³-hybridized carbons (Fsp3) is 0.364. The first kappa shape index (κ1) is 11.6. The van der Waals surface area contributed by atoms with E-state index in [1.54, 1.807) is 10.9 Å². The molecule has 3 nitrogen and oxygen atoms in total. The summed E-state index contributed by atoms with van der Waals surface area (Å²) in [6.07, 6.45) is 2.85. The summed E-state index contributed by atoms with van der Waals surface area (Å²) < 4.78 is 1.78. The molecule has 0 radical (unpaired) electrons. The van der Waals surface area contributed by atoms with Gasteiger partial charge in [0.1, 0.15) is 6.10 Å². The molecule has 16 heavy (non-hydrogen) atoms. The molecule has 0 aliphatic carbocycles. The van der Waals surface area contributed by atoms with Crippen molar-refractivity contribution in [3.05, 3.63) is 38.8 Å². The first-order chi connectivity index (χ1) is 7.63. The van der Waals surface area contributed by atoms with Crippen molar-refractivity contribution in [3.63, 3.8) is 0 Å². The van der Waals surface area contributed by atoms with Crippen molar-refractivity contribution in [1.82, 2.24) is 9.78 Å². The van der Waals surface area contributed by atoms with Crippen LogP contribution in [0.2, 0.25) is 5.02 Å². The molecule has 0 fully saturated rings. The number of aliphatic hydroxyl groups is 1. The third-order valence-electron chi connectivity index (χ3n) is 2.47. The number of hydrogen-bond acceptors (Lipinski definition) is 3. The summed E-state index contributed by atoms with van der Waals surface area (Å²) in [7, 11) is 0. The zero-order chi connectivity index (χ0) is 11.7. The first-order valence-electron chi connectivity index (χ1n) is 5.07. The molecule has 2 rings (SSSR count). The van der Waals surface area contributed by atoms with Crippen LogP contribution in [0.1, 0.15) is 29.0 Å². The third-order valence-corrected chi connectivity index (χ3v) is 4.23. The van der Waals surface area contributed by atoms with Gasteiger partial charge in [-0.15, -0.1) is 11.3 Å². The standard InChI is InChI=1S/C11H13ClN2OS/c1-3-14-5-8(4-13-14)10(15)11-9(12)7(2)6-16-11/h4-6,10,15H,3H2,1-2H3. The molecule has 0 spiro atoms. The van der Waals surface area contributed by atoms with Gasteiger partial charge in [0.25, 0.3) is 0 Å². The minimum absolute atomic E-state index is 0.654. The SMILES string of the molecule is CCn1cc(C(O)c2scc(C)c2Cl)cn1. The Bertz CT molecular complexity index is 492. The Balaban J connectivity index is 2.31. The molecule has 0 saturated heterocycles. The smallest absolute Gasteiger partial charge is 0.118 e. The van der Waals surface area contributed by atoms with Crippen molar-refractivity contribution in [2.24, 2.45) is 0 Å². The van der Waals surface area contributed by atoms with Gasteiger partial charge in [0.15, 0.2) is 0 Å². The predicted molar refractivity (Wildman–Crippen MR) is 66.0 cm³/mol. The first-order valence-corrected chi connectivity index (χ1v) is 6.33. The summed E-state index contributed by atoms with van der Waals surface area (Å²) in [5, 5.41) is 16.9. The molecule has 1 atom stereocenters. The van der Waals surface area contributed by atoms with Crippen LogP contribution in [-0.4, -0.2) is 14.9 Å². The van der Waals surface area contributed by atoms with Gasteiger partial charge in [-0.25, -0.2) is 0 Å². The zero-order valence-electron chi connectivity index (χ0n) is 9.14. The van der Waals surface area contributed by atoms with Crippen molar-refractivity contribution in [3.8, 4) is 0 Å². The van der Waals surface area contributed by atoms with Crippen molar-refractivity contribution < 1.29 is 5.11 Å². The number of hydrogen-bond donors (Lipinski definition) is 1. The molecule has 0 aliphatic rings. The normalized spacial score (nSPS) is 13.0. The molecular formula is C11H13ClN2OS. The lowest BCUT2D eigenvalue weighted by molar-refractivity contribution is 0.224. The van der Waals surface area contributed by atoms with Gasteiger partial charge in [0.2, 0.25) is 0 Å². The summed E-state index contributed by atoms with van der Waals surface area (Å²) in [5.41, 5.74) is 1.79. The lowest BCUT2D eigenvalue weighted by Gasteiger charge is -2.06. The van der Waals surface area contributed by atoms with Gasteiger partial charge in [-0.2, -0.15) is 5.10 Å². The van der Waals surface area contributed by atoms with E-state index in [0.29, 0.717) is 5.02 Å². The lowest BCUT2D eigenvalue weighted by atomic mass is 10.1. The minimum Gasteiger partial charge on any atom is -0.383 e. The minimum atomic E-state index is -0.675. The second-order valence-corrected chi connectivity index (χ2v) is 4.92. The van der Waals surface area contributed by atoms with Crippen molar-refractivity contribution >= 4 is 22.9 Å². The summed E-state index contributed by atoms with van der Waals surface area (Å²) in [6.45, 7) is 4.74. The topological polar surface area (TPSA) is 38.0 Å². The Labute approximate surface area is 103 Å². The van der Waals surface area contributed by atoms with Gasteiger partial charge in [-0.1, -0.05) is 11.6 Å². The average molecular weight is 257 g/mol. The van der Waals surface area contributed by atoms with Crippen molar-refractivity contribution in [2.75, 3.05) is 0 Å². The second-order valence-electron chi connectivity index (χ2n) is 3.63. The Morgan fingerprint density at radius 1 is 1.62 bits per heavy atom. The van der Waals surface area contributed by atoms with Crippen LogP contribution in [0.25, 0.3) is 0 Å². The average Bonchev–Trinajstić information content (AvgIpc) is 2.87. The molecule has 1 unspecified atom stereocenters. The van der Waals surface area contributed by atoms with Crippen LogP contribution < -0.4 is 0 Å². The number of thiophene rings is 1. The van der Waals surface area contributed by atoms with Crippen LogP contribution in [0.5, 0.6) is 0 Å². The summed E-state index contributed by atoms with van der Waals surface area (Å²) >= 11 is 7.59. The van der Waals surface area contributed by atoms with Gasteiger partial charge in [-0.3, -0.25) is 4.68 Å². The molecular weight excluding hydrogens is 244 g/mol. The van der Waals surface area contributed by atoms with Gasteiger partial charge in [0, 0.05) is 18.3 Å². The number of halogens is 1. The molecule has 0 bridgehead atoms. The quantitative estimate of drug-likeness (QED) is 0.917. The molecule has 1 N–H and O–H groups in total. The van der Waals surface area contributed by atoms with Crippen LogP contribution in [0, 0.1) is 6.92 Å². The van der Waals surface area contributed by atoms with Crippen LogP contribution in [0.3, 0.4) is 0 Å². The number of aliphatic hydroxyl groups excluding tert-OH is 1. The number of aryl methyl sites for hydroxylation is 2. The molecule has 2 heterocycles. The molecule has 0 saturated carbocycles. The van der Waals surface area contributed by atoms with Gasteiger partial charge in [-0.05, 0) is 24.8 Å². The van der Waals surface area contributed by atoms with E-state index in [1.165, 1.54) is 11.3 Å². The van der Waals surface area contributed by atoms with E-state index >= 15 is 0 Å². The van der Waals surface area contributed by atoms with E-state index in [-0.39, 0.29) is 0 Å². The second kappa shape index (κ2) is 4.57. The van der Waals surface area contributed by atoms with E-state index in [0.717, 1.165) is 22.5 Å². The summed E-state index contributed by atoms with van der Waals surface area (Å²) in [5.74, 6) is 0. The molecule has 5 heteroatoms. The zero-order valence-corrected chi connectivity index (χ0v) is 10.7. The Morgan fingerprint density at radius 3 is 2.88 bits per heavy atom. The molecule has 0 amide bonds. The molecule has 86 valence electrons. The Kier molecular flexibility index (Phi) is 3.33. The Hall–Kier alpha value is -0.840. The highest BCUT2D eigenvalue weighted by Crippen LogP contribution is 2.35. The molecule has 2 aromatic heterocycles. The maximum absolute atomic E-state index is 10.2. The van der Waals surface area contributed by atoms with E-state index in [1.807, 2.05) is 25.4 Å². The van der Waals surface area contributed by atoms with Crippen molar-refractivity contribution in [2.45, 2.75) is 26.5 Å². The molecule has 0 aromatic carbocycles. The molecule has 0 aliphatic heterocycles. The lowest BCUT2D eigenvalue weighted by Crippen LogP contribution is -1.97. The maximum atomic E-state index is 10.2. The predicted octanol–water partition coefficient (Wildman–Crippen LogP) is 3.01. The van der Waals surface area contributed by atoms with E-state index in [2.05, 4.69) is 5.10 Å². The van der Waals surface area contributed by atoms with E-state index in [9.17, 15) is 5.11 Å². The largest absolute Gasteiger partial charge is 0.383 e. The fourth-order valence-electron chi connectivity index (χ4n) is 1.48. The number of nitrogens with zero attached hydrogens (tertiary/aromatic N) is 2. The highest BCUT2D eigenvalue weighted by Gasteiger charge is 2.18. The fourth-order valence-corrected chi connectivity index (χ4v) is 2.79. The monoisotopic (exact) mass is 256 g/mol. The van der Waals surface area contributed by atoms with Gasteiger partial charge < -0.3 is 5.11 Å². The van der Waals surface area contributed by atoms with Crippen molar-refractivity contribution in [1.29, 1.82) is 0 Å². The maximum Gasteiger partial charge on any atom is 0.118 e. The van der Waals surface area contributed by atoms with Gasteiger partial charge >= 0.3 is 0 Å². The Morgan fingerprint density at radius 2 is 2.38 bits per heavy atom. The van der Waals surface area contributed by atoms with Crippen LogP contribution in [0.4, 0.5) is 0 Å². The highest BCUT2D eigenvalue weighted by molar-refractivity contribution is 7.10. The van der Waals surface area contributed by atoms with Crippen LogP contribution in [0.15, 0.2) is 17.8 Å². The van der Waals surface area contributed by atoms with E-state index < -0.39 is 6.10 Å².